The lowest BCUT2D eigenvalue weighted by molar-refractivity contribution is 0.0636. The van der Waals surface area contributed by atoms with Crippen LogP contribution >= 0.6 is 0 Å². The summed E-state index contributed by atoms with van der Waals surface area (Å²) in [6, 6.07) is 20.2. The Bertz CT molecular complexity index is 1010. The molecule has 0 fully saturated rings. The van der Waals surface area contributed by atoms with Crippen molar-refractivity contribution < 1.29 is 14.3 Å². The number of hydrogen-bond acceptors (Lipinski definition) is 4. The predicted molar refractivity (Wildman–Crippen MR) is 119 cm³/mol. The molecule has 1 N–H and O–H groups in total. The maximum Gasteiger partial charge on any atom is 0.412 e. The molecule has 0 aromatic heterocycles. The van der Waals surface area contributed by atoms with Crippen LogP contribution in [-0.4, -0.2) is 25.3 Å². The lowest BCUT2D eigenvalue weighted by Crippen LogP contribution is -2.28. The van der Waals surface area contributed by atoms with Crippen LogP contribution in [0.5, 0.6) is 5.75 Å². The summed E-state index contributed by atoms with van der Waals surface area (Å²) in [4.78, 5) is 14.5. The largest absolute Gasteiger partial charge is 0.494 e. The highest BCUT2D eigenvalue weighted by molar-refractivity contribution is 5.94. The minimum atomic E-state index is -0.577. The molecule has 29 heavy (non-hydrogen) atoms. The second kappa shape index (κ2) is 8.43. The molecule has 3 aromatic rings. The van der Waals surface area contributed by atoms with Crippen LogP contribution in [0.3, 0.4) is 0 Å². The number of para-hydroxylation sites is 1. The van der Waals surface area contributed by atoms with Crippen molar-refractivity contribution in [3.05, 3.63) is 60.7 Å². The Morgan fingerprint density at radius 1 is 1.00 bits per heavy atom. The van der Waals surface area contributed by atoms with E-state index in [1.165, 1.54) is 5.39 Å². The van der Waals surface area contributed by atoms with Crippen molar-refractivity contribution >= 4 is 33.9 Å². The van der Waals surface area contributed by atoms with Gasteiger partial charge in [-0.25, -0.2) is 4.79 Å². The van der Waals surface area contributed by atoms with Crippen LogP contribution in [0.4, 0.5) is 21.9 Å². The van der Waals surface area contributed by atoms with Crippen molar-refractivity contribution in [2.75, 3.05) is 23.9 Å². The number of amides is 1. The smallest absolute Gasteiger partial charge is 0.412 e. The van der Waals surface area contributed by atoms with Gasteiger partial charge in [0.05, 0.1) is 12.8 Å². The summed E-state index contributed by atoms with van der Waals surface area (Å²) in [6.45, 7) is 8.28. The number of rotatable bonds is 5. The lowest BCUT2D eigenvalue weighted by Gasteiger charge is -2.28. The summed E-state index contributed by atoms with van der Waals surface area (Å²) < 4.78 is 11.1. The molecule has 0 atom stereocenters. The van der Waals surface area contributed by atoms with Gasteiger partial charge < -0.3 is 14.4 Å². The SMILES string of the molecule is CCN(c1ccc2ccccc2c1)c1c(NC(=O)OC(C)(C)C)cccc1OC. The van der Waals surface area contributed by atoms with E-state index in [0.29, 0.717) is 18.0 Å². The van der Waals surface area contributed by atoms with Crippen LogP contribution in [0.1, 0.15) is 27.7 Å². The van der Waals surface area contributed by atoms with Crippen LogP contribution in [0, 0.1) is 0 Å². The Hall–Kier alpha value is -3.21. The van der Waals surface area contributed by atoms with Crippen LogP contribution in [0.15, 0.2) is 60.7 Å². The summed E-state index contributed by atoms with van der Waals surface area (Å²) in [6.07, 6.45) is -0.499. The van der Waals surface area contributed by atoms with E-state index in [4.69, 9.17) is 9.47 Å². The van der Waals surface area contributed by atoms with Gasteiger partial charge >= 0.3 is 6.09 Å². The van der Waals surface area contributed by atoms with Crippen molar-refractivity contribution in [3.63, 3.8) is 0 Å². The zero-order valence-electron chi connectivity index (χ0n) is 17.7. The molecule has 3 aromatic carbocycles. The highest BCUT2D eigenvalue weighted by atomic mass is 16.6. The van der Waals surface area contributed by atoms with Gasteiger partial charge in [-0.2, -0.15) is 0 Å². The second-order valence-electron chi connectivity index (χ2n) is 7.76. The van der Waals surface area contributed by atoms with E-state index in [2.05, 4.69) is 47.5 Å². The third kappa shape index (κ3) is 4.80. The maximum absolute atomic E-state index is 12.4. The molecule has 0 unspecified atom stereocenters. The number of anilines is 3. The Labute approximate surface area is 172 Å². The summed E-state index contributed by atoms with van der Waals surface area (Å²) in [5, 5.41) is 5.21. The fourth-order valence-electron chi connectivity index (χ4n) is 3.29. The number of nitrogens with one attached hydrogen (secondary N) is 1. The minimum absolute atomic E-state index is 0.499. The Morgan fingerprint density at radius 2 is 1.72 bits per heavy atom. The third-order valence-electron chi connectivity index (χ3n) is 4.49. The number of nitrogens with zero attached hydrogens (tertiary/aromatic N) is 1. The first-order valence-electron chi connectivity index (χ1n) is 9.75. The van der Waals surface area contributed by atoms with Gasteiger partial charge in [-0.3, -0.25) is 5.32 Å². The van der Waals surface area contributed by atoms with Gasteiger partial charge in [0, 0.05) is 12.2 Å². The van der Waals surface area contributed by atoms with E-state index in [0.717, 1.165) is 16.8 Å². The number of methoxy groups -OCH3 is 1. The quantitative estimate of drug-likeness (QED) is 0.549. The summed E-state index contributed by atoms with van der Waals surface area (Å²) in [5.74, 6) is 0.675. The second-order valence-corrected chi connectivity index (χ2v) is 7.76. The molecule has 0 aliphatic rings. The van der Waals surface area contributed by atoms with Gasteiger partial charge in [-0.1, -0.05) is 36.4 Å². The Balaban J connectivity index is 2.04. The molecule has 0 saturated carbocycles. The molecule has 0 aliphatic heterocycles. The molecular weight excluding hydrogens is 364 g/mol. The lowest BCUT2D eigenvalue weighted by atomic mass is 10.1. The van der Waals surface area contributed by atoms with E-state index < -0.39 is 11.7 Å². The van der Waals surface area contributed by atoms with E-state index in [9.17, 15) is 4.79 Å². The van der Waals surface area contributed by atoms with E-state index >= 15 is 0 Å². The average molecular weight is 392 g/mol. The molecule has 0 bridgehead atoms. The molecule has 0 spiro atoms. The summed E-state index contributed by atoms with van der Waals surface area (Å²) >= 11 is 0. The van der Waals surface area contributed by atoms with E-state index in [1.807, 2.05) is 51.1 Å². The number of ether oxygens (including phenoxy) is 2. The van der Waals surface area contributed by atoms with Gasteiger partial charge in [-0.15, -0.1) is 0 Å². The highest BCUT2D eigenvalue weighted by Gasteiger charge is 2.22. The minimum Gasteiger partial charge on any atom is -0.494 e. The first-order valence-corrected chi connectivity index (χ1v) is 9.75. The van der Waals surface area contributed by atoms with E-state index in [1.54, 1.807) is 7.11 Å². The fourth-order valence-corrected chi connectivity index (χ4v) is 3.29. The van der Waals surface area contributed by atoms with Gasteiger partial charge in [0.15, 0.2) is 0 Å². The average Bonchev–Trinajstić information content (AvgIpc) is 2.68. The van der Waals surface area contributed by atoms with Gasteiger partial charge in [-0.05, 0) is 62.7 Å². The van der Waals surface area contributed by atoms with Crippen LogP contribution in [0.2, 0.25) is 0 Å². The standard InChI is InChI=1S/C24H28N2O3/c1-6-26(19-15-14-17-10-7-8-11-18(17)16-19)22-20(12-9-13-21(22)28-5)25-23(27)29-24(2,3)4/h7-16H,6H2,1-5H3,(H,25,27). The normalized spacial score (nSPS) is 11.2. The van der Waals surface area contributed by atoms with Crippen LogP contribution in [-0.2, 0) is 4.74 Å². The number of fused-ring (bicyclic) bond motifs is 1. The van der Waals surface area contributed by atoms with Crippen molar-refractivity contribution in [1.29, 1.82) is 0 Å². The highest BCUT2D eigenvalue weighted by Crippen LogP contribution is 2.40. The number of hydrogen-bond donors (Lipinski definition) is 1. The molecule has 0 heterocycles. The summed E-state index contributed by atoms with van der Waals surface area (Å²) in [7, 11) is 1.63. The van der Waals surface area contributed by atoms with Crippen molar-refractivity contribution in [1.82, 2.24) is 0 Å². The van der Waals surface area contributed by atoms with Gasteiger partial charge in [0.1, 0.15) is 17.0 Å². The fraction of sp³-hybridized carbons (Fsp3) is 0.292. The van der Waals surface area contributed by atoms with Gasteiger partial charge in [0.2, 0.25) is 0 Å². The molecule has 0 radical (unpaired) electrons. The number of benzene rings is 3. The van der Waals surface area contributed by atoms with E-state index in [-0.39, 0.29) is 0 Å². The molecule has 0 aliphatic carbocycles. The predicted octanol–water partition coefficient (Wildman–Crippen LogP) is 6.35. The topological polar surface area (TPSA) is 50.8 Å². The molecule has 152 valence electrons. The molecule has 5 nitrogen and oxygen atoms in total. The molecule has 0 saturated heterocycles. The maximum atomic E-state index is 12.4. The van der Waals surface area contributed by atoms with Crippen molar-refractivity contribution in [2.45, 2.75) is 33.3 Å². The Morgan fingerprint density at radius 3 is 2.38 bits per heavy atom. The zero-order chi connectivity index (χ0) is 21.0. The molecule has 1 amide bonds. The first-order chi connectivity index (χ1) is 13.8. The molecule has 3 rings (SSSR count). The molecule has 5 heteroatoms. The summed E-state index contributed by atoms with van der Waals surface area (Å²) in [5.41, 5.74) is 1.86. The Kier molecular flexibility index (Phi) is 5.97. The third-order valence-corrected chi connectivity index (χ3v) is 4.49. The van der Waals surface area contributed by atoms with Crippen molar-refractivity contribution in [3.8, 4) is 5.75 Å². The van der Waals surface area contributed by atoms with Crippen LogP contribution in [0.25, 0.3) is 10.8 Å². The van der Waals surface area contributed by atoms with Gasteiger partial charge in [0.25, 0.3) is 0 Å². The molecular formula is C24H28N2O3. The number of carbonyl (C=O) groups excluding carboxylic acids is 1. The number of carbonyl (C=O) groups is 1. The van der Waals surface area contributed by atoms with Crippen LogP contribution < -0.4 is 15.0 Å². The monoisotopic (exact) mass is 392 g/mol. The zero-order valence-corrected chi connectivity index (χ0v) is 17.7. The van der Waals surface area contributed by atoms with Crippen molar-refractivity contribution in [2.24, 2.45) is 0 Å². The first kappa shape index (κ1) is 20.5.